The van der Waals surface area contributed by atoms with Crippen molar-refractivity contribution in [2.45, 2.75) is 32.5 Å². The van der Waals surface area contributed by atoms with Crippen molar-refractivity contribution in [3.05, 3.63) is 65.5 Å². The van der Waals surface area contributed by atoms with Crippen LogP contribution in [0.25, 0.3) is 6.08 Å². The van der Waals surface area contributed by atoms with E-state index in [-0.39, 0.29) is 18.1 Å². The average molecular weight is 364 g/mol. The molecule has 0 radical (unpaired) electrons. The van der Waals surface area contributed by atoms with Gasteiger partial charge in [-0.25, -0.2) is 4.79 Å². The van der Waals surface area contributed by atoms with Crippen molar-refractivity contribution in [1.82, 2.24) is 4.98 Å². The lowest BCUT2D eigenvalue weighted by Gasteiger charge is -2.10. The maximum absolute atomic E-state index is 12.9. The zero-order valence-corrected chi connectivity index (χ0v) is 14.4. The molecule has 2 aromatic rings. The van der Waals surface area contributed by atoms with Crippen LogP contribution in [0, 0.1) is 0 Å². The molecule has 1 aromatic carbocycles. The number of carbonyl (C=O) groups is 1. The number of pyridine rings is 1. The van der Waals surface area contributed by atoms with Crippen LogP contribution in [0.1, 0.15) is 30.7 Å². The zero-order valence-electron chi connectivity index (χ0n) is 14.4. The lowest BCUT2D eigenvalue weighted by atomic mass is 10.1. The van der Waals surface area contributed by atoms with Crippen molar-refractivity contribution in [2.75, 3.05) is 5.32 Å². The summed E-state index contributed by atoms with van der Waals surface area (Å²) < 4.78 is 43.7. The highest BCUT2D eigenvalue weighted by molar-refractivity contribution is 5.84. The summed E-state index contributed by atoms with van der Waals surface area (Å²) in [5, 5.41) is 2.59. The summed E-state index contributed by atoms with van der Waals surface area (Å²) in [4.78, 5) is 14.9. The summed E-state index contributed by atoms with van der Waals surface area (Å²) >= 11 is 0. The van der Waals surface area contributed by atoms with Gasteiger partial charge in [0.05, 0.1) is 6.10 Å². The molecule has 1 heterocycles. The van der Waals surface area contributed by atoms with E-state index in [0.29, 0.717) is 5.69 Å². The van der Waals surface area contributed by atoms with Gasteiger partial charge < -0.3 is 4.74 Å². The molecule has 0 bridgehead atoms. The van der Waals surface area contributed by atoms with Gasteiger partial charge in [0.2, 0.25) is 0 Å². The predicted molar refractivity (Wildman–Crippen MR) is 93.7 cm³/mol. The van der Waals surface area contributed by atoms with Gasteiger partial charge in [-0.05, 0) is 49.6 Å². The minimum Gasteiger partial charge on any atom is -0.447 e. The van der Waals surface area contributed by atoms with Gasteiger partial charge in [0.1, 0.15) is 5.69 Å². The maximum Gasteiger partial charge on any atom is 0.433 e. The number of allylic oxidation sites excluding steroid dienone is 1. The minimum atomic E-state index is -4.47. The van der Waals surface area contributed by atoms with Crippen molar-refractivity contribution in [3.63, 3.8) is 0 Å². The summed E-state index contributed by atoms with van der Waals surface area (Å²) in [7, 11) is 0. The first-order valence-corrected chi connectivity index (χ1v) is 8.01. The van der Waals surface area contributed by atoms with Gasteiger partial charge in [-0.3, -0.25) is 10.3 Å². The summed E-state index contributed by atoms with van der Waals surface area (Å²) in [6.45, 7) is 3.50. The van der Waals surface area contributed by atoms with E-state index in [0.717, 1.165) is 11.8 Å². The fourth-order valence-corrected chi connectivity index (χ4v) is 2.22. The SMILES string of the molecule is CC(C)OC(=O)Nc1ccc(C=CCc2cccnc2C(F)(F)F)cc1. The summed E-state index contributed by atoms with van der Waals surface area (Å²) in [5.41, 5.74) is 0.614. The Labute approximate surface area is 149 Å². The van der Waals surface area contributed by atoms with Gasteiger partial charge in [-0.2, -0.15) is 13.2 Å². The van der Waals surface area contributed by atoms with Crippen molar-refractivity contribution >= 4 is 17.9 Å². The van der Waals surface area contributed by atoms with Gasteiger partial charge in [0.25, 0.3) is 0 Å². The zero-order chi connectivity index (χ0) is 19.2. The smallest absolute Gasteiger partial charge is 0.433 e. The van der Waals surface area contributed by atoms with Crippen LogP contribution in [-0.4, -0.2) is 17.2 Å². The quantitative estimate of drug-likeness (QED) is 0.782. The van der Waals surface area contributed by atoms with Crippen molar-refractivity contribution in [2.24, 2.45) is 0 Å². The van der Waals surface area contributed by atoms with Crippen molar-refractivity contribution in [3.8, 4) is 0 Å². The first-order chi connectivity index (χ1) is 12.3. The van der Waals surface area contributed by atoms with Gasteiger partial charge in [-0.15, -0.1) is 0 Å². The van der Waals surface area contributed by atoms with Gasteiger partial charge >= 0.3 is 12.3 Å². The Morgan fingerprint density at radius 1 is 1.23 bits per heavy atom. The Hall–Kier alpha value is -2.83. The van der Waals surface area contributed by atoms with E-state index in [1.54, 1.807) is 50.3 Å². The van der Waals surface area contributed by atoms with Crippen LogP contribution in [0.15, 0.2) is 48.7 Å². The highest BCUT2D eigenvalue weighted by atomic mass is 19.4. The number of benzene rings is 1. The minimum absolute atomic E-state index is 0.114. The maximum atomic E-state index is 12.9. The first-order valence-electron chi connectivity index (χ1n) is 8.01. The second kappa shape index (κ2) is 8.51. The third kappa shape index (κ3) is 5.91. The second-order valence-corrected chi connectivity index (χ2v) is 5.82. The van der Waals surface area contributed by atoms with Crippen LogP contribution in [0.4, 0.5) is 23.7 Å². The van der Waals surface area contributed by atoms with Gasteiger partial charge in [-0.1, -0.05) is 30.4 Å². The molecule has 0 saturated carbocycles. The number of rotatable bonds is 5. The van der Waals surface area contributed by atoms with Crippen molar-refractivity contribution in [1.29, 1.82) is 0 Å². The lowest BCUT2D eigenvalue weighted by molar-refractivity contribution is -0.141. The van der Waals surface area contributed by atoms with Crippen LogP contribution in [-0.2, 0) is 17.3 Å². The number of nitrogens with zero attached hydrogens (tertiary/aromatic N) is 1. The Balaban J connectivity index is 1.99. The number of carbonyl (C=O) groups excluding carboxylic acids is 1. The van der Waals surface area contributed by atoms with Crippen LogP contribution in [0.3, 0.4) is 0 Å². The molecule has 0 spiro atoms. The standard InChI is InChI=1S/C19H19F3N2O2/c1-13(2)26-18(25)24-16-10-8-14(9-11-16)5-3-6-15-7-4-12-23-17(15)19(20,21)22/h3-5,7-13H,6H2,1-2H3,(H,24,25). The molecule has 1 aromatic heterocycles. The van der Waals surface area contributed by atoms with E-state index in [9.17, 15) is 18.0 Å². The topological polar surface area (TPSA) is 51.2 Å². The van der Waals surface area contributed by atoms with E-state index >= 15 is 0 Å². The number of amides is 1. The van der Waals surface area contributed by atoms with Crippen LogP contribution in [0.2, 0.25) is 0 Å². The molecule has 2 rings (SSSR count). The van der Waals surface area contributed by atoms with E-state index in [2.05, 4.69) is 10.3 Å². The number of halogens is 3. The van der Waals surface area contributed by atoms with E-state index in [1.165, 1.54) is 12.1 Å². The third-order valence-corrected chi connectivity index (χ3v) is 3.31. The average Bonchev–Trinajstić information content (AvgIpc) is 2.55. The molecule has 1 N–H and O–H groups in total. The summed E-state index contributed by atoms with van der Waals surface area (Å²) in [5.74, 6) is 0. The Morgan fingerprint density at radius 3 is 2.54 bits per heavy atom. The number of hydrogen-bond donors (Lipinski definition) is 1. The Bertz CT molecular complexity index is 769. The first kappa shape index (κ1) is 19.5. The normalized spacial score (nSPS) is 11.8. The highest BCUT2D eigenvalue weighted by Crippen LogP contribution is 2.30. The van der Waals surface area contributed by atoms with Crippen LogP contribution < -0.4 is 5.32 Å². The molecule has 138 valence electrons. The molecule has 26 heavy (non-hydrogen) atoms. The van der Waals surface area contributed by atoms with Gasteiger partial charge in [0.15, 0.2) is 0 Å². The van der Waals surface area contributed by atoms with E-state index < -0.39 is 18.0 Å². The number of nitrogens with one attached hydrogen (secondary N) is 1. The van der Waals surface area contributed by atoms with E-state index in [1.807, 2.05) is 0 Å². The van der Waals surface area contributed by atoms with Crippen molar-refractivity contribution < 1.29 is 22.7 Å². The second-order valence-electron chi connectivity index (χ2n) is 5.82. The molecule has 4 nitrogen and oxygen atoms in total. The fourth-order valence-electron chi connectivity index (χ4n) is 2.22. The molecule has 0 aliphatic rings. The Kier molecular flexibility index (Phi) is 6.38. The van der Waals surface area contributed by atoms with Gasteiger partial charge in [0, 0.05) is 11.9 Å². The van der Waals surface area contributed by atoms with E-state index in [4.69, 9.17) is 4.74 Å². The lowest BCUT2D eigenvalue weighted by Crippen LogP contribution is -2.17. The third-order valence-electron chi connectivity index (χ3n) is 3.31. The molecule has 0 atom stereocenters. The largest absolute Gasteiger partial charge is 0.447 e. The molecule has 0 aliphatic heterocycles. The molecule has 1 amide bonds. The molecule has 7 heteroatoms. The number of ether oxygens (including phenoxy) is 1. The summed E-state index contributed by atoms with van der Waals surface area (Å²) in [6.07, 6.45) is -0.631. The number of aromatic nitrogens is 1. The molecule has 0 unspecified atom stereocenters. The highest BCUT2D eigenvalue weighted by Gasteiger charge is 2.34. The predicted octanol–water partition coefficient (Wildman–Crippen LogP) is 5.31. The molecule has 0 saturated heterocycles. The fraction of sp³-hybridized carbons (Fsp3) is 0.263. The van der Waals surface area contributed by atoms with Crippen LogP contribution >= 0.6 is 0 Å². The number of hydrogen-bond acceptors (Lipinski definition) is 3. The monoisotopic (exact) mass is 364 g/mol. The molecule has 0 aliphatic carbocycles. The number of anilines is 1. The van der Waals surface area contributed by atoms with Crippen LogP contribution in [0.5, 0.6) is 0 Å². The molecular weight excluding hydrogens is 345 g/mol. The number of alkyl halides is 3. The molecular formula is C19H19F3N2O2. The Morgan fingerprint density at radius 2 is 1.92 bits per heavy atom. The molecule has 0 fully saturated rings. The summed E-state index contributed by atoms with van der Waals surface area (Å²) in [6, 6.07) is 9.76.